The van der Waals surface area contributed by atoms with Gasteiger partial charge in [-0.1, -0.05) is 18.2 Å². The van der Waals surface area contributed by atoms with E-state index in [1.165, 1.54) is 5.56 Å². The monoisotopic (exact) mass is 365 g/mol. The van der Waals surface area contributed by atoms with Gasteiger partial charge in [0.2, 0.25) is 0 Å². The number of nitrogens with zero attached hydrogens (tertiary/aromatic N) is 2. The number of rotatable bonds is 2. The van der Waals surface area contributed by atoms with E-state index in [9.17, 15) is 9.59 Å². The predicted molar refractivity (Wildman–Crippen MR) is 104 cm³/mol. The second-order valence-electron chi connectivity index (χ2n) is 6.78. The van der Waals surface area contributed by atoms with Crippen LogP contribution in [0.2, 0.25) is 0 Å². The first kappa shape index (κ1) is 17.5. The van der Waals surface area contributed by atoms with Crippen LogP contribution in [0.15, 0.2) is 42.5 Å². The number of anilines is 1. The number of hydrogen-bond acceptors (Lipinski definition) is 3. The van der Waals surface area contributed by atoms with E-state index in [1.54, 1.807) is 11.9 Å². The quantitative estimate of drug-likeness (QED) is 0.890. The molecule has 4 rings (SSSR count). The molecule has 2 aliphatic heterocycles. The molecule has 2 aromatic rings. The van der Waals surface area contributed by atoms with Crippen molar-refractivity contribution in [3.63, 3.8) is 0 Å². The lowest BCUT2D eigenvalue weighted by atomic mass is 10.0. The van der Waals surface area contributed by atoms with E-state index in [4.69, 9.17) is 4.74 Å². The fourth-order valence-electron chi connectivity index (χ4n) is 3.68. The molecule has 3 amide bonds. The van der Waals surface area contributed by atoms with Gasteiger partial charge in [0.15, 0.2) is 0 Å². The van der Waals surface area contributed by atoms with Gasteiger partial charge < -0.3 is 15.0 Å². The number of morpholine rings is 1. The average Bonchev–Trinajstić information content (AvgIpc) is 3.16. The highest BCUT2D eigenvalue weighted by Gasteiger charge is 2.24. The summed E-state index contributed by atoms with van der Waals surface area (Å²) < 4.78 is 5.31. The first-order valence-corrected chi connectivity index (χ1v) is 9.27. The summed E-state index contributed by atoms with van der Waals surface area (Å²) in [7, 11) is 1.65. The van der Waals surface area contributed by atoms with Gasteiger partial charge in [0.05, 0.1) is 13.2 Å². The van der Waals surface area contributed by atoms with Gasteiger partial charge in [0.25, 0.3) is 5.91 Å². The van der Waals surface area contributed by atoms with E-state index < -0.39 is 0 Å². The molecule has 1 N–H and O–H groups in total. The number of amides is 3. The maximum Gasteiger partial charge on any atom is 0.321 e. The van der Waals surface area contributed by atoms with Crippen molar-refractivity contribution in [2.75, 3.05) is 44.8 Å². The maximum atomic E-state index is 12.6. The maximum absolute atomic E-state index is 12.6. The molecule has 6 nitrogen and oxygen atoms in total. The van der Waals surface area contributed by atoms with Gasteiger partial charge in [-0.25, -0.2) is 4.79 Å². The molecule has 2 heterocycles. The van der Waals surface area contributed by atoms with Crippen LogP contribution in [-0.4, -0.2) is 56.7 Å². The second kappa shape index (κ2) is 7.40. The summed E-state index contributed by atoms with van der Waals surface area (Å²) in [6, 6.07) is 13.8. The molecule has 0 saturated carbocycles. The van der Waals surface area contributed by atoms with Crippen molar-refractivity contribution in [1.82, 2.24) is 10.2 Å². The van der Waals surface area contributed by atoms with Crippen LogP contribution < -0.4 is 10.2 Å². The summed E-state index contributed by atoms with van der Waals surface area (Å²) in [6.07, 6.45) is 0.851. The minimum absolute atomic E-state index is 0.0556. The molecular weight excluding hydrogens is 342 g/mol. The first-order valence-electron chi connectivity index (χ1n) is 9.27. The van der Waals surface area contributed by atoms with Crippen LogP contribution in [0.5, 0.6) is 0 Å². The molecule has 2 aromatic carbocycles. The van der Waals surface area contributed by atoms with E-state index in [2.05, 4.69) is 11.4 Å². The van der Waals surface area contributed by atoms with Gasteiger partial charge in [0, 0.05) is 37.9 Å². The number of hydrogen-bond donors (Lipinski definition) is 1. The van der Waals surface area contributed by atoms with Crippen LogP contribution in [0.1, 0.15) is 15.9 Å². The third-order valence-electron chi connectivity index (χ3n) is 5.20. The Balaban J connectivity index is 1.53. The number of carbonyl (C=O) groups excluding carboxylic acids is 2. The van der Waals surface area contributed by atoms with Gasteiger partial charge in [-0.2, -0.15) is 0 Å². The topological polar surface area (TPSA) is 61.9 Å². The second-order valence-corrected chi connectivity index (χ2v) is 6.78. The molecule has 1 fully saturated rings. The molecule has 0 atom stereocenters. The van der Waals surface area contributed by atoms with Crippen molar-refractivity contribution >= 4 is 17.6 Å². The van der Waals surface area contributed by atoms with Crippen molar-refractivity contribution < 1.29 is 14.3 Å². The molecule has 0 radical (unpaired) electrons. The number of urea groups is 1. The Morgan fingerprint density at radius 1 is 0.963 bits per heavy atom. The van der Waals surface area contributed by atoms with E-state index >= 15 is 0 Å². The zero-order valence-electron chi connectivity index (χ0n) is 15.4. The van der Waals surface area contributed by atoms with Gasteiger partial charge in [0.1, 0.15) is 0 Å². The Kier molecular flexibility index (Phi) is 4.81. The zero-order chi connectivity index (χ0) is 18.8. The van der Waals surface area contributed by atoms with E-state index in [0.29, 0.717) is 38.4 Å². The van der Waals surface area contributed by atoms with Gasteiger partial charge in [-0.3, -0.25) is 9.69 Å². The van der Waals surface area contributed by atoms with Crippen molar-refractivity contribution in [3.05, 3.63) is 53.6 Å². The highest BCUT2D eigenvalue weighted by atomic mass is 16.5. The molecule has 140 valence electrons. The first-order chi connectivity index (χ1) is 13.2. The fraction of sp³-hybridized carbons (Fsp3) is 0.333. The lowest BCUT2D eigenvalue weighted by Crippen LogP contribution is -2.40. The van der Waals surface area contributed by atoms with Crippen molar-refractivity contribution in [1.29, 1.82) is 0 Å². The Morgan fingerprint density at radius 2 is 1.67 bits per heavy atom. The number of benzene rings is 2. The molecule has 0 aromatic heterocycles. The highest BCUT2D eigenvalue weighted by molar-refractivity contribution is 5.95. The molecule has 0 bridgehead atoms. The molecule has 0 aliphatic carbocycles. The third kappa shape index (κ3) is 3.40. The van der Waals surface area contributed by atoms with E-state index in [-0.39, 0.29) is 11.9 Å². The Bertz CT molecular complexity index is 857. The van der Waals surface area contributed by atoms with Gasteiger partial charge in [-0.05, 0) is 47.4 Å². The van der Waals surface area contributed by atoms with Crippen molar-refractivity contribution in [2.45, 2.75) is 6.42 Å². The Morgan fingerprint density at radius 3 is 2.37 bits per heavy atom. The number of nitrogens with one attached hydrogen (secondary N) is 1. The van der Waals surface area contributed by atoms with Gasteiger partial charge in [-0.15, -0.1) is 0 Å². The lowest BCUT2D eigenvalue weighted by molar-refractivity contribution is 0.0303. The predicted octanol–water partition coefficient (Wildman–Crippen LogP) is 2.53. The minimum atomic E-state index is -0.0764. The van der Waals surface area contributed by atoms with Crippen LogP contribution in [0.4, 0.5) is 10.5 Å². The van der Waals surface area contributed by atoms with E-state index in [1.807, 2.05) is 41.3 Å². The number of carbonyl (C=O) groups is 2. The summed E-state index contributed by atoms with van der Waals surface area (Å²) in [4.78, 5) is 28.1. The van der Waals surface area contributed by atoms with Gasteiger partial charge >= 0.3 is 6.03 Å². The van der Waals surface area contributed by atoms with Crippen LogP contribution >= 0.6 is 0 Å². The number of ether oxygens (including phenoxy) is 1. The summed E-state index contributed by atoms with van der Waals surface area (Å²) in [5.74, 6) is 0.0556. The van der Waals surface area contributed by atoms with Crippen LogP contribution in [0, 0.1) is 0 Å². The van der Waals surface area contributed by atoms with Crippen LogP contribution in [-0.2, 0) is 11.2 Å². The zero-order valence-corrected chi connectivity index (χ0v) is 15.4. The molecular formula is C21H23N3O3. The summed E-state index contributed by atoms with van der Waals surface area (Å²) in [6.45, 7) is 3.20. The largest absolute Gasteiger partial charge is 0.378 e. The molecule has 6 heteroatoms. The van der Waals surface area contributed by atoms with Crippen LogP contribution in [0.25, 0.3) is 11.1 Å². The Labute approximate surface area is 158 Å². The standard InChI is InChI=1S/C21H23N3O3/c1-22-21(26)24-9-8-18-14-17(6-7-19(18)24)15-2-4-16(5-3-15)20(25)23-10-12-27-13-11-23/h2-7,14H,8-13H2,1H3,(H,22,26). The molecule has 0 unspecified atom stereocenters. The van der Waals surface area contributed by atoms with Crippen molar-refractivity contribution in [2.24, 2.45) is 0 Å². The Hall–Kier alpha value is -2.86. The van der Waals surface area contributed by atoms with E-state index in [0.717, 1.165) is 23.2 Å². The van der Waals surface area contributed by atoms with Crippen molar-refractivity contribution in [3.8, 4) is 11.1 Å². The number of fused-ring (bicyclic) bond motifs is 1. The SMILES string of the molecule is CNC(=O)N1CCc2cc(-c3ccc(C(=O)N4CCOCC4)cc3)ccc21. The average molecular weight is 365 g/mol. The fourth-order valence-corrected chi connectivity index (χ4v) is 3.68. The third-order valence-corrected chi connectivity index (χ3v) is 5.20. The summed E-state index contributed by atoms with van der Waals surface area (Å²) >= 11 is 0. The minimum Gasteiger partial charge on any atom is -0.378 e. The lowest BCUT2D eigenvalue weighted by Gasteiger charge is -2.26. The molecule has 27 heavy (non-hydrogen) atoms. The van der Waals surface area contributed by atoms with Crippen LogP contribution in [0.3, 0.4) is 0 Å². The molecule has 0 spiro atoms. The summed E-state index contributed by atoms with van der Waals surface area (Å²) in [5, 5.41) is 2.68. The highest BCUT2D eigenvalue weighted by Crippen LogP contribution is 2.32. The smallest absolute Gasteiger partial charge is 0.321 e. The molecule has 1 saturated heterocycles. The molecule has 2 aliphatic rings. The normalized spacial score (nSPS) is 16.2. The summed E-state index contributed by atoms with van der Waals surface area (Å²) in [5.41, 5.74) is 5.00.